The Labute approximate surface area is 140 Å². The molecule has 0 saturated heterocycles. The molecule has 0 unspecified atom stereocenters. The Morgan fingerprint density at radius 1 is 1.33 bits per heavy atom. The molecule has 5 nitrogen and oxygen atoms in total. The number of carbonyl (C=O) groups excluding carboxylic acids is 1. The topological polar surface area (TPSA) is 59.8 Å². The number of nitrogens with zero attached hydrogens (tertiary/aromatic N) is 3. The maximum atomic E-state index is 11.1. The zero-order valence-corrected chi connectivity index (χ0v) is 13.9. The van der Waals surface area contributed by atoms with Crippen molar-refractivity contribution >= 4 is 23.0 Å². The van der Waals surface area contributed by atoms with E-state index in [1.54, 1.807) is 0 Å². The summed E-state index contributed by atoms with van der Waals surface area (Å²) in [6.07, 6.45) is 6.71. The molecule has 1 aliphatic rings. The van der Waals surface area contributed by atoms with Crippen LogP contribution in [0.4, 0.5) is 5.82 Å². The van der Waals surface area contributed by atoms with Crippen LogP contribution in [0.15, 0.2) is 36.7 Å². The Morgan fingerprint density at radius 2 is 2.17 bits per heavy atom. The number of aromatic nitrogens is 3. The highest BCUT2D eigenvalue weighted by Crippen LogP contribution is 2.43. The lowest BCUT2D eigenvalue weighted by Gasteiger charge is -2.09. The Hall–Kier alpha value is -2.69. The van der Waals surface area contributed by atoms with Crippen LogP contribution < -0.4 is 5.32 Å². The lowest BCUT2D eigenvalue weighted by molar-refractivity contribution is -0.111. The predicted molar refractivity (Wildman–Crippen MR) is 94.9 cm³/mol. The molecular weight excluding hydrogens is 300 g/mol. The minimum atomic E-state index is -0.161. The van der Waals surface area contributed by atoms with E-state index in [1.165, 1.54) is 0 Å². The SMILES string of the molecule is Cc1ncccc1-c1cc2cc(NCC3(C=O)CC3)ncc2n1C. The number of rotatable bonds is 5. The van der Waals surface area contributed by atoms with Gasteiger partial charge in [-0.2, -0.15) is 0 Å². The number of aryl methyl sites for hydroxylation is 2. The molecule has 24 heavy (non-hydrogen) atoms. The van der Waals surface area contributed by atoms with Crippen LogP contribution in [0, 0.1) is 12.3 Å². The molecule has 3 aromatic heterocycles. The van der Waals surface area contributed by atoms with Gasteiger partial charge in [0.1, 0.15) is 12.1 Å². The zero-order chi connectivity index (χ0) is 16.7. The van der Waals surface area contributed by atoms with Gasteiger partial charge in [0.05, 0.1) is 17.4 Å². The summed E-state index contributed by atoms with van der Waals surface area (Å²) in [6.45, 7) is 2.68. The van der Waals surface area contributed by atoms with Crippen LogP contribution >= 0.6 is 0 Å². The number of carbonyl (C=O) groups is 1. The van der Waals surface area contributed by atoms with Crippen molar-refractivity contribution in [1.29, 1.82) is 0 Å². The number of hydrogen-bond donors (Lipinski definition) is 1. The molecule has 0 amide bonds. The van der Waals surface area contributed by atoms with Crippen LogP contribution in [0.5, 0.6) is 0 Å². The molecule has 0 aromatic carbocycles. The second-order valence-corrected chi connectivity index (χ2v) is 6.69. The molecule has 1 aliphatic carbocycles. The van der Waals surface area contributed by atoms with Crippen molar-refractivity contribution in [3.8, 4) is 11.3 Å². The Bertz CT molecular complexity index is 924. The first-order valence-corrected chi connectivity index (χ1v) is 8.20. The number of nitrogens with one attached hydrogen (secondary N) is 1. The van der Waals surface area contributed by atoms with Gasteiger partial charge >= 0.3 is 0 Å². The maximum absolute atomic E-state index is 11.1. The van der Waals surface area contributed by atoms with Crippen molar-refractivity contribution in [2.75, 3.05) is 11.9 Å². The summed E-state index contributed by atoms with van der Waals surface area (Å²) in [5.41, 5.74) is 4.18. The predicted octanol–water partition coefficient (Wildman–Crippen LogP) is 3.33. The van der Waals surface area contributed by atoms with Crippen molar-refractivity contribution < 1.29 is 4.79 Å². The van der Waals surface area contributed by atoms with E-state index in [-0.39, 0.29) is 5.41 Å². The molecule has 0 bridgehead atoms. The average molecular weight is 320 g/mol. The van der Waals surface area contributed by atoms with E-state index in [0.717, 1.165) is 52.8 Å². The molecule has 1 fully saturated rings. The van der Waals surface area contributed by atoms with Crippen LogP contribution in [0.3, 0.4) is 0 Å². The maximum Gasteiger partial charge on any atom is 0.127 e. The number of pyridine rings is 2. The molecule has 0 aliphatic heterocycles. The van der Waals surface area contributed by atoms with Gasteiger partial charge in [-0.05, 0) is 44.0 Å². The molecule has 3 aromatic rings. The first kappa shape index (κ1) is 14.9. The number of fused-ring (bicyclic) bond motifs is 1. The number of anilines is 1. The molecule has 3 heterocycles. The van der Waals surface area contributed by atoms with Crippen LogP contribution in [-0.4, -0.2) is 27.4 Å². The highest BCUT2D eigenvalue weighted by Gasteiger charge is 2.42. The lowest BCUT2D eigenvalue weighted by atomic mass is 10.1. The zero-order valence-electron chi connectivity index (χ0n) is 13.9. The summed E-state index contributed by atoms with van der Waals surface area (Å²) in [5, 5.41) is 4.44. The summed E-state index contributed by atoms with van der Waals surface area (Å²) >= 11 is 0. The normalized spacial score (nSPS) is 15.4. The van der Waals surface area contributed by atoms with E-state index < -0.39 is 0 Å². The van der Waals surface area contributed by atoms with Gasteiger partial charge in [-0.3, -0.25) is 4.98 Å². The third-order valence-corrected chi connectivity index (χ3v) is 4.98. The van der Waals surface area contributed by atoms with Gasteiger partial charge in [-0.15, -0.1) is 0 Å². The summed E-state index contributed by atoms with van der Waals surface area (Å²) in [6, 6.07) is 8.26. The average Bonchev–Trinajstić information content (AvgIpc) is 3.32. The first-order valence-electron chi connectivity index (χ1n) is 8.20. The summed E-state index contributed by atoms with van der Waals surface area (Å²) in [4.78, 5) is 20.0. The van der Waals surface area contributed by atoms with Gasteiger partial charge in [-0.25, -0.2) is 4.98 Å². The second kappa shape index (κ2) is 5.44. The van der Waals surface area contributed by atoms with Gasteiger partial charge in [-0.1, -0.05) is 0 Å². The molecule has 0 atom stereocenters. The van der Waals surface area contributed by atoms with Crippen LogP contribution in [0.1, 0.15) is 18.5 Å². The molecule has 5 heteroatoms. The van der Waals surface area contributed by atoms with Crippen molar-refractivity contribution in [3.63, 3.8) is 0 Å². The Morgan fingerprint density at radius 3 is 2.88 bits per heavy atom. The molecule has 122 valence electrons. The Kier molecular flexibility index (Phi) is 3.37. The van der Waals surface area contributed by atoms with E-state index in [1.807, 2.05) is 38.5 Å². The third kappa shape index (κ3) is 2.46. The molecular formula is C19H20N4O. The van der Waals surface area contributed by atoms with E-state index in [4.69, 9.17) is 0 Å². The summed E-state index contributed by atoms with van der Waals surface area (Å²) < 4.78 is 2.14. The molecule has 1 saturated carbocycles. The largest absolute Gasteiger partial charge is 0.369 e. The summed E-state index contributed by atoms with van der Waals surface area (Å²) in [7, 11) is 2.05. The van der Waals surface area contributed by atoms with E-state index in [9.17, 15) is 4.79 Å². The number of hydrogen-bond acceptors (Lipinski definition) is 4. The van der Waals surface area contributed by atoms with E-state index >= 15 is 0 Å². The fraction of sp³-hybridized carbons (Fsp3) is 0.316. The van der Waals surface area contributed by atoms with Gasteiger partial charge in [0.25, 0.3) is 0 Å². The second-order valence-electron chi connectivity index (χ2n) is 6.69. The van der Waals surface area contributed by atoms with Crippen molar-refractivity contribution in [3.05, 3.63) is 42.4 Å². The van der Waals surface area contributed by atoms with Gasteiger partial charge in [0, 0.05) is 41.8 Å². The minimum Gasteiger partial charge on any atom is -0.369 e. The quantitative estimate of drug-likeness (QED) is 0.733. The fourth-order valence-electron chi connectivity index (χ4n) is 3.11. The van der Waals surface area contributed by atoms with Crippen LogP contribution in [0.25, 0.3) is 22.2 Å². The smallest absolute Gasteiger partial charge is 0.127 e. The minimum absolute atomic E-state index is 0.161. The highest BCUT2D eigenvalue weighted by molar-refractivity contribution is 5.88. The molecule has 0 spiro atoms. The standard InChI is InChI=1S/C19H20N4O/c1-13-15(4-3-7-20-13)16-8-14-9-18(21-10-17(14)23(16)2)22-11-19(12-24)5-6-19/h3-4,7-10,12H,5-6,11H2,1-2H3,(H,21,22). The van der Waals surface area contributed by atoms with Crippen molar-refractivity contribution in [1.82, 2.24) is 14.5 Å². The van der Waals surface area contributed by atoms with Gasteiger partial charge in [0.2, 0.25) is 0 Å². The van der Waals surface area contributed by atoms with Gasteiger partial charge in [0.15, 0.2) is 0 Å². The van der Waals surface area contributed by atoms with Crippen LogP contribution in [-0.2, 0) is 11.8 Å². The van der Waals surface area contributed by atoms with Gasteiger partial charge < -0.3 is 14.7 Å². The van der Waals surface area contributed by atoms with E-state index in [0.29, 0.717) is 6.54 Å². The Balaban J connectivity index is 1.68. The van der Waals surface area contributed by atoms with Crippen LogP contribution in [0.2, 0.25) is 0 Å². The van der Waals surface area contributed by atoms with E-state index in [2.05, 4.69) is 32.0 Å². The highest BCUT2D eigenvalue weighted by atomic mass is 16.1. The fourth-order valence-corrected chi connectivity index (χ4v) is 3.11. The van der Waals surface area contributed by atoms with Crippen molar-refractivity contribution in [2.45, 2.75) is 19.8 Å². The van der Waals surface area contributed by atoms with Crippen molar-refractivity contribution in [2.24, 2.45) is 12.5 Å². The molecule has 0 radical (unpaired) electrons. The molecule has 4 rings (SSSR count). The monoisotopic (exact) mass is 320 g/mol. The first-order chi connectivity index (χ1) is 11.6. The third-order valence-electron chi connectivity index (χ3n) is 4.98. The molecule has 1 N–H and O–H groups in total. The summed E-state index contributed by atoms with van der Waals surface area (Å²) in [5.74, 6) is 0.815. The number of aldehydes is 1. The lowest BCUT2D eigenvalue weighted by Crippen LogP contribution is -2.17.